The largest absolute Gasteiger partial charge is 0.481 e. The average molecular weight is 328 g/mol. The SMILES string of the molecule is COc1ccc(C(=O)N2C3CC2CN(c2ccnc(F)c2)C3)cn1. The van der Waals surface area contributed by atoms with Crippen molar-refractivity contribution in [1.29, 1.82) is 0 Å². The molecule has 1 amide bonds. The summed E-state index contributed by atoms with van der Waals surface area (Å²) in [6, 6.07) is 6.95. The number of ether oxygens (including phenoxy) is 1. The molecule has 0 N–H and O–H groups in total. The summed E-state index contributed by atoms with van der Waals surface area (Å²) in [6.45, 7) is 1.41. The zero-order valence-electron chi connectivity index (χ0n) is 13.2. The molecule has 2 atom stereocenters. The van der Waals surface area contributed by atoms with Gasteiger partial charge in [0.05, 0.1) is 24.8 Å². The molecule has 3 aliphatic rings. The molecule has 2 bridgehead atoms. The Bertz CT molecular complexity index is 755. The van der Waals surface area contributed by atoms with Crippen molar-refractivity contribution in [2.45, 2.75) is 18.5 Å². The molecule has 6 nitrogen and oxygen atoms in total. The van der Waals surface area contributed by atoms with Crippen molar-refractivity contribution in [2.24, 2.45) is 0 Å². The van der Waals surface area contributed by atoms with Crippen LogP contribution in [0.15, 0.2) is 36.7 Å². The minimum Gasteiger partial charge on any atom is -0.481 e. The lowest BCUT2D eigenvalue weighted by molar-refractivity contribution is 0.00587. The quantitative estimate of drug-likeness (QED) is 0.803. The minimum atomic E-state index is -0.482. The summed E-state index contributed by atoms with van der Waals surface area (Å²) in [5.74, 6) is -0.00260. The van der Waals surface area contributed by atoms with Gasteiger partial charge in [0.1, 0.15) is 0 Å². The van der Waals surface area contributed by atoms with Crippen molar-refractivity contribution < 1.29 is 13.9 Å². The van der Waals surface area contributed by atoms with Gasteiger partial charge in [-0.3, -0.25) is 4.79 Å². The van der Waals surface area contributed by atoms with Crippen LogP contribution in [0.3, 0.4) is 0 Å². The molecule has 2 unspecified atom stereocenters. The Morgan fingerprint density at radius 3 is 2.67 bits per heavy atom. The minimum absolute atomic E-state index is 0.00744. The van der Waals surface area contributed by atoms with E-state index < -0.39 is 5.95 Å². The number of piperazine rings is 1. The van der Waals surface area contributed by atoms with Gasteiger partial charge in [-0.05, 0) is 18.6 Å². The Labute approximate surface area is 138 Å². The number of methoxy groups -OCH3 is 1. The predicted molar refractivity (Wildman–Crippen MR) is 85.6 cm³/mol. The van der Waals surface area contributed by atoms with Gasteiger partial charge < -0.3 is 14.5 Å². The first-order valence-electron chi connectivity index (χ1n) is 7.85. The fraction of sp³-hybridized carbons (Fsp3) is 0.353. The van der Waals surface area contributed by atoms with E-state index in [0.717, 1.165) is 12.1 Å². The first kappa shape index (κ1) is 14.9. The van der Waals surface area contributed by atoms with E-state index in [1.54, 1.807) is 31.5 Å². The molecule has 0 aliphatic carbocycles. The highest BCUT2D eigenvalue weighted by atomic mass is 19.1. The number of nitrogens with zero attached hydrogens (tertiary/aromatic N) is 4. The second-order valence-corrected chi connectivity index (χ2v) is 6.09. The topological polar surface area (TPSA) is 58.6 Å². The molecule has 124 valence electrons. The first-order valence-corrected chi connectivity index (χ1v) is 7.85. The zero-order valence-corrected chi connectivity index (χ0v) is 13.2. The lowest BCUT2D eigenvalue weighted by atomic mass is 9.86. The monoisotopic (exact) mass is 328 g/mol. The molecule has 2 aromatic heterocycles. The number of rotatable bonds is 3. The van der Waals surface area contributed by atoms with Crippen LogP contribution in [0.5, 0.6) is 5.88 Å². The number of amides is 1. The summed E-state index contributed by atoms with van der Waals surface area (Å²) in [5, 5.41) is 0. The summed E-state index contributed by atoms with van der Waals surface area (Å²) in [6.07, 6.45) is 4.00. The van der Waals surface area contributed by atoms with Crippen molar-refractivity contribution in [1.82, 2.24) is 14.9 Å². The van der Waals surface area contributed by atoms with Crippen LogP contribution in [0.2, 0.25) is 0 Å². The van der Waals surface area contributed by atoms with Gasteiger partial charge in [0.25, 0.3) is 5.91 Å². The number of piperidine rings is 1. The van der Waals surface area contributed by atoms with Gasteiger partial charge in [-0.25, -0.2) is 9.97 Å². The first-order chi connectivity index (χ1) is 11.7. The molecular weight excluding hydrogens is 311 g/mol. The van der Waals surface area contributed by atoms with Gasteiger partial charge in [-0.15, -0.1) is 0 Å². The van der Waals surface area contributed by atoms with Crippen LogP contribution in [0.1, 0.15) is 16.8 Å². The molecule has 0 radical (unpaired) electrons. The molecule has 3 aliphatic heterocycles. The van der Waals surface area contributed by atoms with E-state index in [2.05, 4.69) is 14.9 Å². The molecule has 3 fully saturated rings. The number of hydrogen-bond donors (Lipinski definition) is 0. The summed E-state index contributed by atoms with van der Waals surface area (Å²) in [5.41, 5.74) is 1.38. The van der Waals surface area contributed by atoms with Gasteiger partial charge in [0, 0.05) is 43.3 Å². The number of fused-ring (bicyclic) bond motifs is 2. The third kappa shape index (κ3) is 2.46. The van der Waals surface area contributed by atoms with E-state index in [0.29, 0.717) is 24.5 Å². The summed E-state index contributed by atoms with van der Waals surface area (Å²) >= 11 is 0. The van der Waals surface area contributed by atoms with Crippen molar-refractivity contribution >= 4 is 11.6 Å². The van der Waals surface area contributed by atoms with Crippen molar-refractivity contribution in [2.75, 3.05) is 25.1 Å². The van der Waals surface area contributed by atoms with Crippen LogP contribution >= 0.6 is 0 Å². The van der Waals surface area contributed by atoms with Crippen molar-refractivity contribution in [3.63, 3.8) is 0 Å². The van der Waals surface area contributed by atoms with Crippen molar-refractivity contribution in [3.8, 4) is 5.88 Å². The van der Waals surface area contributed by atoms with Crippen LogP contribution < -0.4 is 9.64 Å². The highest BCUT2D eigenvalue weighted by Gasteiger charge is 2.47. The van der Waals surface area contributed by atoms with E-state index in [-0.39, 0.29) is 18.0 Å². The standard InChI is InChI=1S/C17H17FN4O2/c1-24-16-3-2-11(8-20-16)17(23)22-13-6-14(22)10-21(9-13)12-4-5-19-15(18)7-12/h2-5,7-8,13-14H,6,9-10H2,1H3. The van der Waals surface area contributed by atoms with Gasteiger partial charge in [0.2, 0.25) is 11.8 Å². The summed E-state index contributed by atoms with van der Waals surface area (Å²) in [4.78, 5) is 24.4. The Balaban J connectivity index is 1.47. The lowest BCUT2D eigenvalue weighted by Crippen LogP contribution is -2.70. The molecule has 5 heterocycles. The third-order valence-corrected chi connectivity index (χ3v) is 4.70. The van der Waals surface area contributed by atoms with Gasteiger partial charge in [-0.1, -0.05) is 0 Å². The normalized spacial score (nSPS) is 22.1. The number of anilines is 1. The van der Waals surface area contributed by atoms with Gasteiger partial charge in [-0.2, -0.15) is 4.39 Å². The maximum absolute atomic E-state index is 13.3. The number of carbonyl (C=O) groups excluding carboxylic acids is 1. The maximum Gasteiger partial charge on any atom is 0.256 e. The smallest absolute Gasteiger partial charge is 0.256 e. The molecule has 7 heteroatoms. The Kier molecular flexibility index (Phi) is 3.55. The van der Waals surface area contributed by atoms with Gasteiger partial charge >= 0.3 is 0 Å². The maximum atomic E-state index is 13.3. The molecule has 0 aromatic carbocycles. The molecule has 24 heavy (non-hydrogen) atoms. The second kappa shape index (κ2) is 5.74. The Morgan fingerprint density at radius 2 is 2.04 bits per heavy atom. The molecular formula is C17H17FN4O2. The second-order valence-electron chi connectivity index (χ2n) is 6.09. The van der Waals surface area contributed by atoms with Crippen LogP contribution in [0, 0.1) is 5.95 Å². The molecule has 0 saturated carbocycles. The fourth-order valence-corrected chi connectivity index (χ4v) is 3.52. The zero-order chi connectivity index (χ0) is 16.7. The number of carbonyl (C=O) groups is 1. The van der Waals surface area contributed by atoms with Gasteiger partial charge in [0.15, 0.2) is 0 Å². The molecule has 5 rings (SSSR count). The Morgan fingerprint density at radius 1 is 1.25 bits per heavy atom. The number of pyridine rings is 2. The van der Waals surface area contributed by atoms with E-state index in [1.165, 1.54) is 12.3 Å². The average Bonchev–Trinajstić information content (AvgIpc) is 2.62. The highest BCUT2D eigenvalue weighted by molar-refractivity contribution is 5.95. The van der Waals surface area contributed by atoms with Crippen LogP contribution in [-0.2, 0) is 0 Å². The molecule has 0 spiro atoms. The fourth-order valence-electron chi connectivity index (χ4n) is 3.52. The Hall–Kier alpha value is -2.70. The number of hydrogen-bond acceptors (Lipinski definition) is 5. The summed E-state index contributed by atoms with van der Waals surface area (Å²) in [7, 11) is 1.54. The van der Waals surface area contributed by atoms with E-state index in [1.807, 2.05) is 4.90 Å². The van der Waals surface area contributed by atoms with Crippen LogP contribution in [-0.4, -0.2) is 53.1 Å². The molecule has 2 aromatic rings. The highest BCUT2D eigenvalue weighted by Crippen LogP contribution is 2.35. The van der Waals surface area contributed by atoms with E-state index in [9.17, 15) is 9.18 Å². The van der Waals surface area contributed by atoms with Crippen LogP contribution in [0.25, 0.3) is 0 Å². The van der Waals surface area contributed by atoms with E-state index in [4.69, 9.17) is 4.74 Å². The third-order valence-electron chi connectivity index (χ3n) is 4.70. The number of halogens is 1. The van der Waals surface area contributed by atoms with E-state index >= 15 is 0 Å². The lowest BCUT2D eigenvalue weighted by Gasteiger charge is -2.56. The van der Waals surface area contributed by atoms with Crippen LogP contribution in [0.4, 0.5) is 10.1 Å². The predicted octanol–water partition coefficient (Wildman–Crippen LogP) is 1.73. The number of aromatic nitrogens is 2. The summed E-state index contributed by atoms with van der Waals surface area (Å²) < 4.78 is 18.3. The van der Waals surface area contributed by atoms with Crippen molar-refractivity contribution in [3.05, 3.63) is 48.2 Å². The molecule has 3 saturated heterocycles.